The van der Waals surface area contributed by atoms with Gasteiger partial charge in [0, 0.05) is 15.0 Å². The fourth-order valence-electron chi connectivity index (χ4n) is 1.61. The van der Waals surface area contributed by atoms with E-state index in [1.807, 2.05) is 0 Å². The van der Waals surface area contributed by atoms with Crippen molar-refractivity contribution < 1.29 is 8.42 Å². The van der Waals surface area contributed by atoms with Gasteiger partial charge in [0.25, 0.3) is 0 Å². The molecule has 3 nitrogen and oxygen atoms in total. The van der Waals surface area contributed by atoms with E-state index in [0.29, 0.717) is 4.47 Å². The molecular weight excluding hydrogens is 370 g/mol. The number of hydrogen-bond donors (Lipinski definition) is 1. The van der Waals surface area contributed by atoms with E-state index in [0.717, 1.165) is 10.9 Å². The molecule has 1 aromatic rings. The summed E-state index contributed by atoms with van der Waals surface area (Å²) in [6, 6.07) is 5.08. The second kappa shape index (κ2) is 4.33. The second-order valence-electron chi connectivity index (χ2n) is 4.94. The lowest BCUT2D eigenvalue weighted by atomic mass is 10.2. The number of halogens is 2. The summed E-state index contributed by atoms with van der Waals surface area (Å²) in [6.45, 7) is 4.10. The maximum atomic E-state index is 12.1. The Morgan fingerprint density at radius 3 is 2.41 bits per heavy atom. The van der Waals surface area contributed by atoms with Gasteiger partial charge in [-0.1, -0.05) is 29.8 Å². The van der Waals surface area contributed by atoms with Crippen LogP contribution in [-0.2, 0) is 10.0 Å². The Balaban J connectivity index is 2.26. The van der Waals surface area contributed by atoms with Crippen LogP contribution in [-0.4, -0.2) is 14.5 Å². The molecule has 1 aromatic carbocycles. The predicted octanol–water partition coefficient (Wildman–Crippen LogP) is 3.29. The van der Waals surface area contributed by atoms with Crippen LogP contribution in [0.3, 0.4) is 0 Å². The van der Waals surface area contributed by atoms with E-state index >= 15 is 0 Å². The standard InChI is InChI=1S/C11H13Br2NO2S/c1-11(2)6-10(11)14-17(15,16)9-4-3-7(12)5-8(9)13/h3-5,10,14H,6H2,1-2H3. The summed E-state index contributed by atoms with van der Waals surface area (Å²) in [4.78, 5) is 0.281. The van der Waals surface area contributed by atoms with Crippen molar-refractivity contribution in [3.8, 4) is 0 Å². The Labute approximate surface area is 118 Å². The molecule has 1 aliphatic carbocycles. The molecule has 0 heterocycles. The van der Waals surface area contributed by atoms with Crippen LogP contribution in [0.5, 0.6) is 0 Å². The summed E-state index contributed by atoms with van der Waals surface area (Å²) in [6.07, 6.45) is 0.889. The number of hydrogen-bond acceptors (Lipinski definition) is 2. The minimum absolute atomic E-state index is 0.0445. The summed E-state index contributed by atoms with van der Waals surface area (Å²) >= 11 is 6.57. The third kappa shape index (κ3) is 2.92. The van der Waals surface area contributed by atoms with Gasteiger partial charge in [0.15, 0.2) is 0 Å². The van der Waals surface area contributed by atoms with Crippen molar-refractivity contribution in [3.05, 3.63) is 27.1 Å². The first-order valence-corrected chi connectivity index (χ1v) is 8.27. The van der Waals surface area contributed by atoms with Gasteiger partial charge in [0.1, 0.15) is 0 Å². The molecule has 1 fully saturated rings. The molecule has 17 heavy (non-hydrogen) atoms. The van der Waals surface area contributed by atoms with Crippen LogP contribution in [0.15, 0.2) is 32.0 Å². The first kappa shape index (κ1) is 13.5. The summed E-state index contributed by atoms with van der Waals surface area (Å²) in [5.41, 5.74) is 0.0783. The van der Waals surface area contributed by atoms with Crippen LogP contribution in [0, 0.1) is 5.41 Å². The SMILES string of the molecule is CC1(C)CC1NS(=O)(=O)c1ccc(Br)cc1Br. The lowest BCUT2D eigenvalue weighted by Crippen LogP contribution is -2.28. The molecule has 0 radical (unpaired) electrons. The largest absolute Gasteiger partial charge is 0.241 e. The zero-order chi connectivity index (χ0) is 12.8. The maximum Gasteiger partial charge on any atom is 0.241 e. The molecule has 0 aliphatic heterocycles. The smallest absolute Gasteiger partial charge is 0.207 e. The van der Waals surface area contributed by atoms with Gasteiger partial charge in [-0.05, 0) is 46.0 Å². The molecule has 1 N–H and O–H groups in total. The van der Waals surface area contributed by atoms with Crippen molar-refractivity contribution in [2.75, 3.05) is 0 Å². The van der Waals surface area contributed by atoms with Gasteiger partial charge >= 0.3 is 0 Å². The molecule has 1 saturated carbocycles. The van der Waals surface area contributed by atoms with Crippen molar-refractivity contribution in [1.82, 2.24) is 4.72 Å². The molecule has 1 atom stereocenters. The predicted molar refractivity (Wildman–Crippen MR) is 74.3 cm³/mol. The number of sulfonamides is 1. The Kier molecular flexibility index (Phi) is 3.44. The normalized spacial score (nSPS) is 22.5. The molecule has 0 bridgehead atoms. The van der Waals surface area contributed by atoms with Crippen LogP contribution in [0.1, 0.15) is 20.3 Å². The zero-order valence-corrected chi connectivity index (χ0v) is 13.5. The third-order valence-electron chi connectivity index (χ3n) is 2.99. The molecule has 0 aromatic heterocycles. The van der Waals surface area contributed by atoms with Crippen LogP contribution in [0.4, 0.5) is 0 Å². The van der Waals surface area contributed by atoms with E-state index in [1.54, 1.807) is 18.2 Å². The Morgan fingerprint density at radius 1 is 1.35 bits per heavy atom. The van der Waals surface area contributed by atoms with Crippen molar-refractivity contribution in [1.29, 1.82) is 0 Å². The summed E-state index contributed by atoms with van der Waals surface area (Å²) in [5, 5.41) is 0. The van der Waals surface area contributed by atoms with Crippen molar-refractivity contribution >= 4 is 41.9 Å². The Morgan fingerprint density at radius 2 is 1.94 bits per heavy atom. The summed E-state index contributed by atoms with van der Waals surface area (Å²) in [5.74, 6) is 0. The van der Waals surface area contributed by atoms with E-state index in [4.69, 9.17) is 0 Å². The quantitative estimate of drug-likeness (QED) is 0.871. The molecule has 6 heteroatoms. The van der Waals surface area contributed by atoms with Gasteiger partial charge in [0.05, 0.1) is 4.90 Å². The number of benzene rings is 1. The highest BCUT2D eigenvalue weighted by molar-refractivity contribution is 9.11. The highest BCUT2D eigenvalue weighted by atomic mass is 79.9. The molecule has 94 valence electrons. The maximum absolute atomic E-state index is 12.1. The minimum atomic E-state index is -3.43. The average Bonchev–Trinajstić information content (AvgIpc) is 2.70. The van der Waals surface area contributed by atoms with Gasteiger partial charge in [-0.25, -0.2) is 13.1 Å². The molecule has 1 aliphatic rings. The topological polar surface area (TPSA) is 46.2 Å². The van der Waals surface area contributed by atoms with Crippen LogP contribution in [0.2, 0.25) is 0 Å². The van der Waals surface area contributed by atoms with Gasteiger partial charge in [-0.3, -0.25) is 0 Å². The van der Waals surface area contributed by atoms with Crippen molar-refractivity contribution in [3.63, 3.8) is 0 Å². The molecule has 0 amide bonds. The van der Waals surface area contributed by atoms with Gasteiger partial charge in [0.2, 0.25) is 10.0 Å². The lowest BCUT2D eigenvalue weighted by molar-refractivity contribution is 0.554. The second-order valence-corrected chi connectivity index (χ2v) is 8.39. The van der Waals surface area contributed by atoms with E-state index in [1.165, 1.54) is 0 Å². The highest BCUT2D eigenvalue weighted by Gasteiger charge is 2.48. The van der Waals surface area contributed by atoms with Crippen LogP contribution < -0.4 is 4.72 Å². The zero-order valence-electron chi connectivity index (χ0n) is 9.50. The molecule has 0 spiro atoms. The van der Waals surface area contributed by atoms with Crippen molar-refractivity contribution in [2.45, 2.75) is 31.2 Å². The summed E-state index contributed by atoms with van der Waals surface area (Å²) in [7, 11) is -3.43. The molecule has 1 unspecified atom stereocenters. The Bertz CT molecular complexity index is 555. The highest BCUT2D eigenvalue weighted by Crippen LogP contribution is 2.45. The number of rotatable bonds is 3. The monoisotopic (exact) mass is 381 g/mol. The fourth-order valence-corrected chi connectivity index (χ4v) is 4.77. The van der Waals surface area contributed by atoms with E-state index in [-0.39, 0.29) is 16.4 Å². The average molecular weight is 383 g/mol. The van der Waals surface area contributed by atoms with Crippen LogP contribution in [0.25, 0.3) is 0 Å². The minimum Gasteiger partial charge on any atom is -0.207 e. The fraction of sp³-hybridized carbons (Fsp3) is 0.455. The molecule has 2 rings (SSSR count). The third-order valence-corrected chi connectivity index (χ3v) is 5.94. The molecular formula is C11H13Br2NO2S. The molecule has 0 saturated heterocycles. The van der Waals surface area contributed by atoms with Crippen molar-refractivity contribution in [2.24, 2.45) is 5.41 Å². The van der Waals surface area contributed by atoms with E-state index in [2.05, 4.69) is 50.4 Å². The van der Waals surface area contributed by atoms with Gasteiger partial charge in [-0.2, -0.15) is 0 Å². The Hall–Kier alpha value is 0.0900. The first-order chi connectivity index (χ1) is 7.72. The summed E-state index contributed by atoms with van der Waals surface area (Å²) < 4.78 is 28.4. The van der Waals surface area contributed by atoms with Crippen LogP contribution >= 0.6 is 31.9 Å². The number of nitrogens with one attached hydrogen (secondary N) is 1. The van der Waals surface area contributed by atoms with Gasteiger partial charge < -0.3 is 0 Å². The first-order valence-electron chi connectivity index (χ1n) is 5.20. The lowest BCUT2D eigenvalue weighted by Gasteiger charge is -2.10. The van der Waals surface area contributed by atoms with Gasteiger partial charge in [-0.15, -0.1) is 0 Å². The van der Waals surface area contributed by atoms with E-state index in [9.17, 15) is 8.42 Å². The van der Waals surface area contributed by atoms with E-state index < -0.39 is 10.0 Å².